The van der Waals surface area contributed by atoms with Gasteiger partial charge in [-0.15, -0.1) is 0 Å². The van der Waals surface area contributed by atoms with Gasteiger partial charge in [0.1, 0.15) is 0 Å². The molecule has 0 amide bonds. The molecule has 16 aromatic rings. The van der Waals surface area contributed by atoms with Crippen LogP contribution in [0.4, 0.5) is 0 Å². The Morgan fingerprint density at radius 2 is 0.230 bits per heavy atom. The average Bonchev–Trinajstić information content (AvgIpc) is 0.712. The molecule has 0 aliphatic heterocycles. The summed E-state index contributed by atoms with van der Waals surface area (Å²) in [7, 11) is 0. The molecule has 0 aliphatic rings. The molecular weight excluding hydrogens is 2120 g/mol. The van der Waals surface area contributed by atoms with Crippen molar-refractivity contribution in [2.45, 2.75) is 0 Å². The summed E-state index contributed by atoms with van der Waals surface area (Å²) in [6.07, 6.45) is 0. The Hall–Kier alpha value is -9.98. The molecule has 38 heteroatoms. The first-order chi connectivity index (χ1) is 50.2. The molecule has 16 rings (SSSR count). The summed E-state index contributed by atoms with van der Waals surface area (Å²) in [6.45, 7) is 0. The van der Waals surface area contributed by atoms with Gasteiger partial charge in [0.05, 0.1) is 47.8 Å². The zero-order valence-electron chi connectivity index (χ0n) is 64.1. The summed E-state index contributed by atoms with van der Waals surface area (Å²) >= 11 is 0. The van der Waals surface area contributed by atoms with Crippen molar-refractivity contribution in [1.29, 1.82) is 0 Å². The number of carbonyl (C=O) groups excluding carboxylic acids is 8. The van der Waals surface area contributed by atoms with Crippen molar-refractivity contribution < 1.29 is 324 Å². The van der Waals surface area contributed by atoms with Crippen LogP contribution in [0.15, 0.2) is 267 Å². The van der Waals surface area contributed by atoms with Gasteiger partial charge in [0.15, 0.2) is 0 Å². The largest absolute Gasteiger partial charge is 4.00 e. The molecule has 0 saturated heterocycles. The molecule has 126 heavy (non-hydrogen) atoms. The van der Waals surface area contributed by atoms with Crippen LogP contribution in [0.5, 0.6) is 0 Å². The van der Waals surface area contributed by atoms with Gasteiger partial charge in [-0.2, -0.15) is 0 Å². The summed E-state index contributed by atoms with van der Waals surface area (Å²) in [4.78, 5) is 92.7. The van der Waals surface area contributed by atoms with Gasteiger partial charge >= 0.3 is 157 Å². The summed E-state index contributed by atoms with van der Waals surface area (Å²) in [5.74, 6) is -10.4. The summed E-state index contributed by atoms with van der Waals surface area (Å²) in [6, 6.07) is 75.3. The molecule has 0 spiro atoms. The minimum atomic E-state index is -1.30. The Kier molecular flexibility index (Phi) is 56.6. The number of carboxylic acid groups (broad SMARTS) is 8. The first kappa shape index (κ1) is 132. The van der Waals surface area contributed by atoms with Crippen molar-refractivity contribution >= 4 is 112 Å². The number of hydrogen-bond acceptors (Lipinski definition) is 24. The maximum Gasteiger partial charge on any atom is 4.00 e. The predicted molar refractivity (Wildman–Crippen MR) is 411 cm³/mol. The van der Waals surface area contributed by atoms with E-state index in [1.165, 1.54) is 97.1 Å². The smallest absolute Gasteiger partial charge is 2.00 e. The summed E-state index contributed by atoms with van der Waals surface area (Å²) in [5, 5.41) is 103. The van der Waals surface area contributed by atoms with Crippen LogP contribution in [0.1, 0.15) is 82.9 Å². The molecule has 0 bridgehead atoms. The molecule has 628 valence electrons. The van der Waals surface area contributed by atoms with Gasteiger partial charge in [0.25, 0.3) is 0 Å². The second-order valence-corrected chi connectivity index (χ2v) is 24.9. The zero-order valence-corrected chi connectivity index (χ0v) is 78.9. The first-order valence-electron chi connectivity index (χ1n) is 32.3. The number of hydrogen-bond donors (Lipinski definition) is 0. The molecule has 0 aromatic heterocycles. The van der Waals surface area contributed by atoms with Crippen LogP contribution in [0.25, 0.3) is 154 Å². The fourth-order valence-electron chi connectivity index (χ4n) is 14.2. The molecule has 0 atom stereocenters. The molecule has 0 heterocycles. The molecule has 16 aromatic carbocycles. The topological polar surface area (TPSA) is 801 Å². The fraction of sp³-hybridized carbons (Fsp3) is 0. The molecule has 0 fully saturated rings. The van der Waals surface area contributed by atoms with Crippen molar-refractivity contribution in [3.8, 4) is 89.0 Å². The SMILES string of the molecule is O.O.O.O.O=C([O-])c1ccc(-c2cc(-c3ccc(C(=O)[O-])cc3)c3ccc4c(-c5ccc(C(=O)[O-])cc5)cc(-c5ccc(C(=O)[O-])cc5)c5ccc2c3c54)cc1.O=C([O-])c1ccc(-c2cc(-c3ccc(C(=O)[O-])cc3)c3ccc4c(-c5ccc(C(=O)[O-])cc5)cc(-c5ccc(C(=O)[O-])cc5)c5ccc2c3c54)cc1.[O-2].[O-2].[O-2].[O-2].[OH-].[OH-].[OH-].[OH-].[OH-].[OH-].[OH-].[OH-].[Zr+4].[Zr+4].[Zr+4].[Zr+4].[Zr+4].[Zr+4]. The van der Waals surface area contributed by atoms with Gasteiger partial charge in [-0.25, -0.2) is 0 Å². The van der Waals surface area contributed by atoms with Crippen LogP contribution in [-0.4, -0.2) is 113 Å². The molecule has 16 N–H and O–H groups in total. The minimum absolute atomic E-state index is 0. The number of benzene rings is 16. The van der Waals surface area contributed by atoms with Crippen LogP contribution in [0, 0.1) is 0 Å². The second kappa shape index (κ2) is 54.3. The quantitative estimate of drug-likeness (QED) is 0.122. The monoisotopic (exact) mass is 2170 g/mol. The van der Waals surface area contributed by atoms with Crippen molar-refractivity contribution in [3.63, 3.8) is 0 Å². The van der Waals surface area contributed by atoms with Crippen LogP contribution in [0.3, 0.4) is 0 Å². The van der Waals surface area contributed by atoms with E-state index in [-0.39, 0.29) is 289 Å². The maximum atomic E-state index is 11.6. The minimum Gasteiger partial charge on any atom is -2.00 e. The Labute approximate surface area is 828 Å². The van der Waals surface area contributed by atoms with Gasteiger partial charge in [-0.1, -0.05) is 243 Å². The first-order valence-corrected chi connectivity index (χ1v) is 32.3. The van der Waals surface area contributed by atoms with E-state index in [4.69, 9.17) is 0 Å². The van der Waals surface area contributed by atoms with Gasteiger partial charge in [-0.3, -0.25) is 0 Å². The zero-order chi connectivity index (χ0) is 72.5. The van der Waals surface area contributed by atoms with Crippen LogP contribution in [-0.2, 0) is 179 Å². The number of aromatic carboxylic acids is 8. The molecule has 0 saturated carbocycles. The number of carboxylic acids is 8. The Morgan fingerprint density at radius 3 is 0.302 bits per heavy atom. The molecule has 0 aliphatic carbocycles. The van der Waals surface area contributed by atoms with Crippen molar-refractivity contribution in [1.82, 2.24) is 0 Å². The summed E-state index contributed by atoms with van der Waals surface area (Å²) in [5.41, 5.74) is 12.6. The van der Waals surface area contributed by atoms with Crippen molar-refractivity contribution in [2.24, 2.45) is 0 Å². The van der Waals surface area contributed by atoms with Gasteiger partial charge in [0.2, 0.25) is 0 Å². The van der Waals surface area contributed by atoms with E-state index in [2.05, 4.69) is 0 Å². The third-order valence-electron chi connectivity index (χ3n) is 19.3. The van der Waals surface area contributed by atoms with Gasteiger partial charge < -0.3 is 167 Å². The molecule has 0 unspecified atom stereocenters. The summed E-state index contributed by atoms with van der Waals surface area (Å²) < 4.78 is 0. The van der Waals surface area contributed by atoms with Gasteiger partial charge in [-0.05, 0) is 222 Å². The molecule has 0 radical (unpaired) electrons. The maximum absolute atomic E-state index is 11.6. The Morgan fingerprint density at radius 1 is 0.151 bits per heavy atom. The van der Waals surface area contributed by atoms with Crippen LogP contribution in [0.2, 0.25) is 0 Å². The molecule has 32 nitrogen and oxygen atoms in total. The van der Waals surface area contributed by atoms with Crippen molar-refractivity contribution in [2.75, 3.05) is 0 Å². The van der Waals surface area contributed by atoms with Crippen LogP contribution >= 0.6 is 0 Å². The van der Waals surface area contributed by atoms with Crippen molar-refractivity contribution in [3.05, 3.63) is 311 Å². The van der Waals surface area contributed by atoms with E-state index < -0.39 is 47.8 Å². The third-order valence-corrected chi connectivity index (χ3v) is 19.3. The number of rotatable bonds is 16. The van der Waals surface area contributed by atoms with E-state index >= 15 is 0 Å². The molecular formula is C88H60O32Zr6. The third kappa shape index (κ3) is 24.9. The van der Waals surface area contributed by atoms with Gasteiger partial charge in [0, 0.05) is 0 Å². The van der Waals surface area contributed by atoms with E-state index in [0.29, 0.717) is 0 Å². The average molecular weight is 2180 g/mol. The van der Waals surface area contributed by atoms with E-state index in [0.717, 1.165) is 154 Å². The van der Waals surface area contributed by atoms with Crippen LogP contribution < -0.4 is 40.9 Å². The fourth-order valence-corrected chi connectivity index (χ4v) is 14.2. The normalized spacial score (nSPS) is 9.33. The standard InChI is InChI=1S/2C44H26O8.12H2O.4O.6Zr/c2*45-41(46)27-9-1-23(2-10-27)35-21-36(24-3-11-28(12-4-24)42(47)48)32-19-20-34-38(26-7-15-30(16-8-26)44(51)52)22-37(25-5-13-29(14-6-25)43(49)50)33-18-17-31(35)39(32)40(33)34;;;;;;;;;;;;;;;;;;;;;;/h2*1-22H,(H,45,46)(H,47,48)(H,49,50)(H,51,52);12*1H2;;;;;;;;;;/q;;;;;;;;;;;;;;4*-2;6*+4/p-16. The van der Waals surface area contributed by atoms with E-state index in [1.807, 2.05) is 72.8 Å². The van der Waals surface area contributed by atoms with E-state index in [9.17, 15) is 79.2 Å². The van der Waals surface area contributed by atoms with E-state index in [1.54, 1.807) is 97.1 Å². The Bertz CT molecular complexity index is 5200. The Balaban J connectivity index is -0.000000314. The predicted octanol–water partition coefficient (Wildman–Crippen LogP) is 4.21. The second-order valence-electron chi connectivity index (χ2n) is 24.9. The number of carbonyl (C=O) groups is 8.